The molecule has 1 radical (unpaired) electrons. The molecule has 0 saturated heterocycles. The molecule has 15 heavy (non-hydrogen) atoms. The molecule has 0 aromatic carbocycles. The van der Waals surface area contributed by atoms with Crippen molar-refractivity contribution in [2.45, 2.75) is 58.8 Å². The fraction of sp³-hybridized carbons (Fsp3) is 0.818. The molecule has 0 atom stereocenters. The summed E-state index contributed by atoms with van der Waals surface area (Å²) in [7, 11) is 0. The minimum atomic E-state index is 0.289. The molecule has 0 bridgehead atoms. The standard InChI is InChI=1S/C11H22N3Se/c1-3-5-6-7-9-10(8-4-2)13-14-11(12)15/h3-9H2,1-2H3,(H2,12,14). The molecule has 0 aliphatic heterocycles. The monoisotopic (exact) mass is 276 g/mol. The zero-order valence-electron chi connectivity index (χ0n) is 9.81. The van der Waals surface area contributed by atoms with Crippen LogP contribution in [0, 0.1) is 5.41 Å². The van der Waals surface area contributed by atoms with Crippen molar-refractivity contribution in [3.05, 3.63) is 0 Å². The quantitative estimate of drug-likeness (QED) is 0.231. The van der Waals surface area contributed by atoms with Crippen LogP contribution in [0.4, 0.5) is 0 Å². The van der Waals surface area contributed by atoms with Gasteiger partial charge in [-0.2, -0.15) is 0 Å². The summed E-state index contributed by atoms with van der Waals surface area (Å²) in [6.45, 7) is 4.38. The number of hydrazone groups is 1. The topological polar surface area (TPSA) is 48.2 Å². The summed E-state index contributed by atoms with van der Waals surface area (Å²) >= 11 is 2.58. The molecule has 87 valence electrons. The third-order valence-electron chi connectivity index (χ3n) is 2.17. The van der Waals surface area contributed by atoms with E-state index in [4.69, 9.17) is 5.41 Å². The first-order valence-corrected chi connectivity index (χ1v) is 6.63. The summed E-state index contributed by atoms with van der Waals surface area (Å²) in [4.78, 5) is 0. The van der Waals surface area contributed by atoms with E-state index in [2.05, 4.69) is 40.4 Å². The van der Waals surface area contributed by atoms with E-state index in [9.17, 15) is 0 Å². The molecule has 0 saturated carbocycles. The molecule has 2 N–H and O–H groups in total. The number of amidine groups is 1. The molecule has 0 rings (SSSR count). The van der Waals surface area contributed by atoms with Crippen molar-refractivity contribution in [3.8, 4) is 0 Å². The van der Waals surface area contributed by atoms with Gasteiger partial charge in [-0.3, -0.25) is 0 Å². The first-order valence-electron chi connectivity index (χ1n) is 5.77. The maximum atomic E-state index is 7.19. The van der Waals surface area contributed by atoms with Gasteiger partial charge in [0.1, 0.15) is 0 Å². The molecule has 0 aromatic heterocycles. The van der Waals surface area contributed by atoms with Crippen LogP contribution in [0.2, 0.25) is 0 Å². The van der Waals surface area contributed by atoms with Gasteiger partial charge in [0.2, 0.25) is 0 Å². The Morgan fingerprint density at radius 1 is 1.13 bits per heavy atom. The van der Waals surface area contributed by atoms with Gasteiger partial charge in [0, 0.05) is 0 Å². The zero-order valence-corrected chi connectivity index (χ0v) is 11.5. The number of nitrogens with zero attached hydrogens (tertiary/aromatic N) is 1. The second-order valence-corrected chi connectivity index (χ2v) is 4.54. The van der Waals surface area contributed by atoms with E-state index in [1.54, 1.807) is 0 Å². The van der Waals surface area contributed by atoms with Crippen LogP contribution >= 0.6 is 0 Å². The molecular formula is C11H22N3Se. The predicted octanol–water partition coefficient (Wildman–Crippen LogP) is 2.81. The number of nitrogens with one attached hydrogen (secondary N) is 2. The first-order chi connectivity index (χ1) is 7.20. The number of unbranched alkanes of at least 4 members (excludes halogenated alkanes) is 3. The van der Waals surface area contributed by atoms with E-state index in [0.717, 1.165) is 19.3 Å². The molecule has 0 amide bonds. The third-order valence-corrected chi connectivity index (χ3v) is 2.36. The van der Waals surface area contributed by atoms with Gasteiger partial charge < -0.3 is 0 Å². The van der Waals surface area contributed by atoms with Crippen LogP contribution in [-0.4, -0.2) is 26.5 Å². The Morgan fingerprint density at radius 3 is 2.40 bits per heavy atom. The summed E-state index contributed by atoms with van der Waals surface area (Å²) in [6.07, 6.45) is 8.30. The van der Waals surface area contributed by atoms with Gasteiger partial charge in [0.15, 0.2) is 0 Å². The SMILES string of the molecule is CCCCCCC(CCC)=NNC(=N)[Se]. The van der Waals surface area contributed by atoms with Crippen LogP contribution in [0.1, 0.15) is 58.8 Å². The van der Waals surface area contributed by atoms with E-state index in [1.165, 1.54) is 31.4 Å². The van der Waals surface area contributed by atoms with Gasteiger partial charge in [0.05, 0.1) is 0 Å². The van der Waals surface area contributed by atoms with Crippen molar-refractivity contribution in [2.75, 3.05) is 0 Å². The van der Waals surface area contributed by atoms with E-state index in [0.29, 0.717) is 0 Å². The van der Waals surface area contributed by atoms with Crippen LogP contribution < -0.4 is 5.43 Å². The number of hydrogen-bond acceptors (Lipinski definition) is 2. The maximum absolute atomic E-state index is 7.19. The van der Waals surface area contributed by atoms with Crippen LogP contribution in [0.5, 0.6) is 0 Å². The van der Waals surface area contributed by atoms with Crippen molar-refractivity contribution >= 4 is 26.5 Å². The first kappa shape index (κ1) is 14.7. The molecule has 0 fully saturated rings. The van der Waals surface area contributed by atoms with Crippen molar-refractivity contribution in [1.82, 2.24) is 5.43 Å². The Bertz CT molecular complexity index is 202. The van der Waals surface area contributed by atoms with E-state index < -0.39 is 0 Å². The zero-order chi connectivity index (χ0) is 11.5. The molecule has 0 aliphatic carbocycles. The Morgan fingerprint density at radius 2 is 1.87 bits per heavy atom. The molecule has 0 heterocycles. The molecule has 4 heteroatoms. The van der Waals surface area contributed by atoms with E-state index in [-0.39, 0.29) is 4.73 Å². The second-order valence-electron chi connectivity index (χ2n) is 3.68. The third kappa shape index (κ3) is 9.95. The average Bonchev–Trinajstić information content (AvgIpc) is 2.20. The van der Waals surface area contributed by atoms with Gasteiger partial charge in [-0.05, 0) is 0 Å². The fourth-order valence-electron chi connectivity index (χ4n) is 1.41. The van der Waals surface area contributed by atoms with Crippen molar-refractivity contribution in [3.63, 3.8) is 0 Å². The van der Waals surface area contributed by atoms with Crippen molar-refractivity contribution in [1.29, 1.82) is 5.41 Å². The number of hydrogen-bond donors (Lipinski definition) is 2. The predicted molar refractivity (Wildman–Crippen MR) is 67.7 cm³/mol. The Kier molecular flexibility index (Phi) is 9.96. The molecule has 3 nitrogen and oxygen atoms in total. The van der Waals surface area contributed by atoms with Gasteiger partial charge in [0.25, 0.3) is 0 Å². The van der Waals surface area contributed by atoms with Crippen LogP contribution in [0.25, 0.3) is 0 Å². The van der Waals surface area contributed by atoms with E-state index >= 15 is 0 Å². The van der Waals surface area contributed by atoms with Crippen LogP contribution in [0.3, 0.4) is 0 Å². The van der Waals surface area contributed by atoms with Crippen LogP contribution in [0.15, 0.2) is 5.10 Å². The molecule has 0 aliphatic rings. The Balaban J connectivity index is 3.81. The van der Waals surface area contributed by atoms with Gasteiger partial charge >= 0.3 is 101 Å². The Labute approximate surface area is 101 Å². The summed E-state index contributed by atoms with van der Waals surface area (Å²) in [5, 5.41) is 11.4. The molecule has 0 aromatic rings. The molecule has 0 spiro atoms. The Hall–Kier alpha value is -0.341. The summed E-state index contributed by atoms with van der Waals surface area (Å²) in [5.74, 6) is 0. The van der Waals surface area contributed by atoms with Crippen molar-refractivity contribution in [2.24, 2.45) is 5.10 Å². The number of rotatable bonds is 8. The van der Waals surface area contributed by atoms with Crippen LogP contribution in [-0.2, 0) is 0 Å². The summed E-state index contributed by atoms with van der Waals surface area (Å²) < 4.78 is 0.289. The van der Waals surface area contributed by atoms with Gasteiger partial charge in [-0.15, -0.1) is 0 Å². The normalized spacial score (nSPS) is 11.5. The fourth-order valence-corrected chi connectivity index (χ4v) is 1.51. The summed E-state index contributed by atoms with van der Waals surface area (Å²) in [6, 6.07) is 0. The van der Waals surface area contributed by atoms with E-state index in [1.807, 2.05) is 0 Å². The van der Waals surface area contributed by atoms with Gasteiger partial charge in [-0.1, -0.05) is 0 Å². The summed E-state index contributed by atoms with van der Waals surface area (Å²) in [5.41, 5.74) is 3.88. The van der Waals surface area contributed by atoms with Gasteiger partial charge in [-0.25, -0.2) is 0 Å². The minimum absolute atomic E-state index is 0.289. The molecular weight excluding hydrogens is 253 g/mol. The second kappa shape index (κ2) is 10.2. The average molecular weight is 275 g/mol. The molecule has 0 unspecified atom stereocenters. The van der Waals surface area contributed by atoms with Crippen molar-refractivity contribution < 1.29 is 0 Å².